The van der Waals surface area contributed by atoms with E-state index < -0.39 is 0 Å². The molecule has 1 aromatic heterocycles. The SMILES string of the molecule is ClCc1c(C2CC2)n[nH]c1C1CCOCC1. The summed E-state index contributed by atoms with van der Waals surface area (Å²) in [6, 6.07) is 0. The lowest BCUT2D eigenvalue weighted by atomic mass is 9.93. The van der Waals surface area contributed by atoms with E-state index in [-0.39, 0.29) is 0 Å². The second-order valence-electron chi connectivity index (χ2n) is 4.80. The van der Waals surface area contributed by atoms with Gasteiger partial charge in [-0.25, -0.2) is 0 Å². The number of alkyl halides is 1. The van der Waals surface area contributed by atoms with Crippen molar-refractivity contribution < 1.29 is 4.74 Å². The van der Waals surface area contributed by atoms with Crippen molar-refractivity contribution in [1.29, 1.82) is 0 Å². The Morgan fingerprint density at radius 2 is 1.94 bits per heavy atom. The number of halogens is 1. The normalized spacial score (nSPS) is 22.6. The van der Waals surface area contributed by atoms with Crippen LogP contribution in [0.25, 0.3) is 0 Å². The first-order valence-corrected chi connectivity index (χ1v) is 6.64. The highest BCUT2D eigenvalue weighted by molar-refractivity contribution is 6.17. The zero-order valence-corrected chi connectivity index (χ0v) is 10.1. The molecule has 1 saturated carbocycles. The Morgan fingerprint density at radius 3 is 2.56 bits per heavy atom. The number of nitrogens with zero attached hydrogens (tertiary/aromatic N) is 1. The van der Waals surface area contributed by atoms with E-state index in [1.165, 1.54) is 29.8 Å². The van der Waals surface area contributed by atoms with Gasteiger partial charge in [0.25, 0.3) is 0 Å². The molecule has 1 N–H and O–H groups in total. The minimum absolute atomic E-state index is 0.572. The quantitative estimate of drug-likeness (QED) is 0.825. The van der Waals surface area contributed by atoms with Crippen molar-refractivity contribution in [3.8, 4) is 0 Å². The molecule has 1 aliphatic carbocycles. The Hall–Kier alpha value is -0.540. The van der Waals surface area contributed by atoms with Crippen LogP contribution in [0.4, 0.5) is 0 Å². The van der Waals surface area contributed by atoms with Crippen LogP contribution in [0.15, 0.2) is 0 Å². The van der Waals surface area contributed by atoms with Crippen molar-refractivity contribution in [2.24, 2.45) is 0 Å². The molecule has 0 radical (unpaired) electrons. The molecular formula is C12H17ClN2O. The van der Waals surface area contributed by atoms with Gasteiger partial charge in [-0.3, -0.25) is 5.10 Å². The summed E-state index contributed by atoms with van der Waals surface area (Å²) in [5.41, 5.74) is 3.78. The fraction of sp³-hybridized carbons (Fsp3) is 0.750. The molecule has 0 amide bonds. The van der Waals surface area contributed by atoms with Gasteiger partial charge in [0.15, 0.2) is 0 Å². The average molecular weight is 241 g/mol. The van der Waals surface area contributed by atoms with Crippen LogP contribution < -0.4 is 0 Å². The third-order valence-electron chi connectivity index (χ3n) is 3.66. The Morgan fingerprint density at radius 1 is 1.19 bits per heavy atom. The molecule has 1 aliphatic heterocycles. The molecule has 0 atom stereocenters. The van der Waals surface area contributed by atoms with E-state index in [2.05, 4.69) is 10.2 Å². The molecule has 2 heterocycles. The summed E-state index contributed by atoms with van der Waals surface area (Å²) < 4.78 is 5.39. The maximum Gasteiger partial charge on any atom is 0.0700 e. The van der Waals surface area contributed by atoms with Gasteiger partial charge in [-0.1, -0.05) is 0 Å². The van der Waals surface area contributed by atoms with Crippen LogP contribution in [0.1, 0.15) is 54.5 Å². The number of aromatic nitrogens is 2. The Balaban J connectivity index is 1.87. The Bertz CT molecular complexity index is 367. The lowest BCUT2D eigenvalue weighted by Gasteiger charge is -2.21. The van der Waals surface area contributed by atoms with Gasteiger partial charge in [-0.05, 0) is 25.7 Å². The second kappa shape index (κ2) is 4.38. The standard InChI is InChI=1S/C12H17ClN2O/c13-7-10-11(8-1-2-8)14-15-12(10)9-3-5-16-6-4-9/h8-9H,1-7H2,(H,14,15). The molecule has 2 fully saturated rings. The monoisotopic (exact) mass is 240 g/mol. The molecule has 3 rings (SSSR count). The smallest absolute Gasteiger partial charge is 0.0700 e. The number of hydrogen-bond acceptors (Lipinski definition) is 2. The predicted octanol–water partition coefficient (Wildman–Crippen LogP) is 2.92. The van der Waals surface area contributed by atoms with E-state index >= 15 is 0 Å². The Labute approximate surface area is 101 Å². The summed E-state index contributed by atoms with van der Waals surface area (Å²) in [4.78, 5) is 0. The molecular weight excluding hydrogens is 224 g/mol. The van der Waals surface area contributed by atoms with Crippen molar-refractivity contribution in [3.63, 3.8) is 0 Å². The van der Waals surface area contributed by atoms with Crippen LogP contribution in [0.3, 0.4) is 0 Å². The fourth-order valence-electron chi connectivity index (χ4n) is 2.55. The summed E-state index contributed by atoms with van der Waals surface area (Å²) >= 11 is 6.08. The first-order chi connectivity index (χ1) is 7.90. The average Bonchev–Trinajstić information content (AvgIpc) is 3.09. The maximum absolute atomic E-state index is 6.08. The topological polar surface area (TPSA) is 37.9 Å². The van der Waals surface area contributed by atoms with Crippen molar-refractivity contribution in [3.05, 3.63) is 17.0 Å². The van der Waals surface area contributed by atoms with Crippen LogP contribution in [0, 0.1) is 0 Å². The molecule has 2 aliphatic rings. The van der Waals surface area contributed by atoms with Crippen LogP contribution in [-0.4, -0.2) is 23.4 Å². The van der Waals surface area contributed by atoms with Gasteiger partial charge in [0.1, 0.15) is 0 Å². The third-order valence-corrected chi connectivity index (χ3v) is 3.93. The van der Waals surface area contributed by atoms with Crippen LogP contribution in [-0.2, 0) is 10.6 Å². The summed E-state index contributed by atoms with van der Waals surface area (Å²) in [6.07, 6.45) is 4.75. The Kier molecular flexibility index (Phi) is 2.90. The number of rotatable bonds is 3. The van der Waals surface area contributed by atoms with E-state index in [0.29, 0.717) is 17.7 Å². The van der Waals surface area contributed by atoms with Gasteiger partial charge in [-0.2, -0.15) is 5.10 Å². The lowest BCUT2D eigenvalue weighted by molar-refractivity contribution is 0.0843. The minimum atomic E-state index is 0.572. The third kappa shape index (κ3) is 1.87. The van der Waals surface area contributed by atoms with Crippen molar-refractivity contribution in [2.75, 3.05) is 13.2 Å². The van der Waals surface area contributed by atoms with Crippen LogP contribution in [0.2, 0.25) is 0 Å². The molecule has 1 saturated heterocycles. The van der Waals surface area contributed by atoms with Crippen molar-refractivity contribution in [2.45, 2.75) is 43.4 Å². The van der Waals surface area contributed by atoms with E-state index in [9.17, 15) is 0 Å². The van der Waals surface area contributed by atoms with Crippen LogP contribution >= 0.6 is 11.6 Å². The molecule has 16 heavy (non-hydrogen) atoms. The molecule has 3 nitrogen and oxygen atoms in total. The van der Waals surface area contributed by atoms with Gasteiger partial charge in [-0.15, -0.1) is 11.6 Å². The van der Waals surface area contributed by atoms with Gasteiger partial charge in [0, 0.05) is 36.3 Å². The van der Waals surface area contributed by atoms with Gasteiger partial charge in [0.2, 0.25) is 0 Å². The van der Waals surface area contributed by atoms with Crippen molar-refractivity contribution >= 4 is 11.6 Å². The summed E-state index contributed by atoms with van der Waals surface area (Å²) in [7, 11) is 0. The highest BCUT2D eigenvalue weighted by Gasteiger charge is 2.31. The molecule has 88 valence electrons. The molecule has 0 bridgehead atoms. The van der Waals surface area contributed by atoms with Gasteiger partial charge >= 0.3 is 0 Å². The van der Waals surface area contributed by atoms with E-state index in [4.69, 9.17) is 16.3 Å². The minimum Gasteiger partial charge on any atom is -0.381 e. The summed E-state index contributed by atoms with van der Waals surface area (Å²) in [5.74, 6) is 1.84. The summed E-state index contributed by atoms with van der Waals surface area (Å²) in [6.45, 7) is 1.73. The first kappa shape index (κ1) is 10.6. The second-order valence-corrected chi connectivity index (χ2v) is 5.06. The molecule has 0 aromatic carbocycles. The fourth-order valence-corrected chi connectivity index (χ4v) is 2.83. The predicted molar refractivity (Wildman–Crippen MR) is 62.9 cm³/mol. The molecule has 1 aromatic rings. The van der Waals surface area contributed by atoms with Gasteiger partial charge in [0.05, 0.1) is 11.6 Å². The van der Waals surface area contributed by atoms with Gasteiger partial charge < -0.3 is 4.74 Å². The number of aromatic amines is 1. The summed E-state index contributed by atoms with van der Waals surface area (Å²) in [5, 5.41) is 7.70. The highest BCUT2D eigenvalue weighted by Crippen LogP contribution is 2.43. The number of nitrogens with one attached hydrogen (secondary N) is 1. The largest absolute Gasteiger partial charge is 0.381 e. The van der Waals surface area contributed by atoms with E-state index in [1.807, 2.05) is 0 Å². The highest BCUT2D eigenvalue weighted by atomic mass is 35.5. The molecule has 0 spiro atoms. The number of hydrogen-bond donors (Lipinski definition) is 1. The maximum atomic E-state index is 6.08. The zero-order chi connectivity index (χ0) is 11.0. The molecule has 0 unspecified atom stereocenters. The van der Waals surface area contributed by atoms with Crippen molar-refractivity contribution in [1.82, 2.24) is 10.2 Å². The number of ether oxygens (including phenoxy) is 1. The lowest BCUT2D eigenvalue weighted by Crippen LogP contribution is -2.15. The first-order valence-electron chi connectivity index (χ1n) is 6.11. The zero-order valence-electron chi connectivity index (χ0n) is 9.34. The van der Waals surface area contributed by atoms with Crippen LogP contribution in [0.5, 0.6) is 0 Å². The van der Waals surface area contributed by atoms with E-state index in [1.54, 1.807) is 0 Å². The number of H-pyrrole nitrogens is 1. The molecule has 4 heteroatoms. The van der Waals surface area contributed by atoms with E-state index in [0.717, 1.165) is 26.1 Å².